The highest BCUT2D eigenvalue weighted by Gasteiger charge is 2.23. The van der Waals surface area contributed by atoms with Gasteiger partial charge in [0.2, 0.25) is 5.91 Å². The SMILES string of the molecule is Cc1ccccc1C[C@@H](NC(=O)c1c2ccccc2nc2ccccc12)C(N)=O. The maximum atomic E-state index is 13.3. The van der Waals surface area contributed by atoms with E-state index in [0.29, 0.717) is 12.0 Å². The quantitative estimate of drug-likeness (QED) is 0.517. The third-order valence-corrected chi connectivity index (χ3v) is 5.15. The maximum absolute atomic E-state index is 13.3. The van der Waals surface area contributed by atoms with Gasteiger partial charge < -0.3 is 11.1 Å². The number of hydrogen-bond acceptors (Lipinski definition) is 3. The lowest BCUT2D eigenvalue weighted by Crippen LogP contribution is -2.46. The average molecular weight is 383 g/mol. The number of pyridine rings is 1. The van der Waals surface area contributed by atoms with Crippen LogP contribution in [-0.2, 0) is 11.2 Å². The fourth-order valence-corrected chi connectivity index (χ4v) is 3.60. The second-order valence-electron chi connectivity index (χ2n) is 7.08. The van der Waals surface area contributed by atoms with Gasteiger partial charge in [0.05, 0.1) is 16.6 Å². The summed E-state index contributed by atoms with van der Waals surface area (Å²) in [6.45, 7) is 1.97. The zero-order chi connectivity index (χ0) is 20.4. The van der Waals surface area contributed by atoms with Crippen molar-refractivity contribution in [2.45, 2.75) is 19.4 Å². The molecule has 0 aliphatic heterocycles. The van der Waals surface area contributed by atoms with Crippen LogP contribution >= 0.6 is 0 Å². The van der Waals surface area contributed by atoms with E-state index >= 15 is 0 Å². The van der Waals surface area contributed by atoms with Crippen LogP contribution in [0.4, 0.5) is 0 Å². The van der Waals surface area contributed by atoms with Gasteiger partial charge in [-0.2, -0.15) is 0 Å². The summed E-state index contributed by atoms with van der Waals surface area (Å²) in [6, 6.07) is 21.9. The van der Waals surface area contributed by atoms with Crippen LogP contribution in [-0.4, -0.2) is 22.8 Å². The number of fused-ring (bicyclic) bond motifs is 2. The third kappa shape index (κ3) is 3.67. The Balaban J connectivity index is 1.75. The summed E-state index contributed by atoms with van der Waals surface area (Å²) in [5.41, 5.74) is 9.60. The predicted octanol–water partition coefficient (Wildman–Crippen LogP) is 3.52. The number of hydrogen-bond donors (Lipinski definition) is 2. The third-order valence-electron chi connectivity index (χ3n) is 5.15. The number of nitrogens with zero attached hydrogens (tertiary/aromatic N) is 1. The van der Waals surface area contributed by atoms with Crippen molar-refractivity contribution in [1.29, 1.82) is 0 Å². The Morgan fingerprint density at radius 1 is 0.897 bits per heavy atom. The van der Waals surface area contributed by atoms with Gasteiger partial charge in [0.15, 0.2) is 0 Å². The van der Waals surface area contributed by atoms with Gasteiger partial charge in [-0.05, 0) is 30.2 Å². The number of primary amides is 1. The highest BCUT2D eigenvalue weighted by atomic mass is 16.2. The van der Waals surface area contributed by atoms with Crippen molar-refractivity contribution in [3.8, 4) is 0 Å². The van der Waals surface area contributed by atoms with Gasteiger partial charge in [-0.25, -0.2) is 4.98 Å². The Kier molecular flexibility index (Phi) is 4.96. The van der Waals surface area contributed by atoms with Crippen molar-refractivity contribution >= 4 is 33.6 Å². The molecule has 0 spiro atoms. The van der Waals surface area contributed by atoms with Crippen LogP contribution in [0.3, 0.4) is 0 Å². The van der Waals surface area contributed by atoms with E-state index < -0.39 is 11.9 Å². The summed E-state index contributed by atoms with van der Waals surface area (Å²) in [5.74, 6) is -0.901. The van der Waals surface area contributed by atoms with Crippen molar-refractivity contribution < 1.29 is 9.59 Å². The van der Waals surface area contributed by atoms with Crippen molar-refractivity contribution in [1.82, 2.24) is 10.3 Å². The smallest absolute Gasteiger partial charge is 0.253 e. The summed E-state index contributed by atoms with van der Waals surface area (Å²) < 4.78 is 0. The van der Waals surface area contributed by atoms with E-state index in [1.54, 1.807) is 0 Å². The summed E-state index contributed by atoms with van der Waals surface area (Å²) in [6.07, 6.45) is 0.342. The van der Waals surface area contributed by atoms with Crippen molar-refractivity contribution in [2.24, 2.45) is 5.73 Å². The number of para-hydroxylation sites is 2. The summed E-state index contributed by atoms with van der Waals surface area (Å²) in [5, 5.41) is 4.33. The molecule has 0 fully saturated rings. The van der Waals surface area contributed by atoms with Gasteiger partial charge in [0, 0.05) is 17.2 Å². The predicted molar refractivity (Wildman–Crippen MR) is 115 cm³/mol. The molecule has 0 aliphatic carbocycles. The van der Waals surface area contributed by atoms with E-state index in [-0.39, 0.29) is 5.91 Å². The molecule has 0 saturated carbocycles. The molecule has 5 heteroatoms. The topological polar surface area (TPSA) is 85.1 Å². The molecule has 0 unspecified atom stereocenters. The Morgan fingerprint density at radius 2 is 1.45 bits per heavy atom. The first-order valence-corrected chi connectivity index (χ1v) is 9.47. The number of carbonyl (C=O) groups excluding carboxylic acids is 2. The van der Waals surface area contributed by atoms with Crippen LogP contribution in [0.5, 0.6) is 0 Å². The van der Waals surface area contributed by atoms with E-state index in [1.165, 1.54) is 0 Å². The Bertz CT molecular complexity index is 1180. The standard InChI is InChI=1S/C24H21N3O2/c1-15-8-2-3-9-16(15)14-21(23(25)28)27-24(29)22-17-10-4-6-12-19(17)26-20-13-7-5-11-18(20)22/h2-13,21H,14H2,1H3,(H2,25,28)(H,27,29)/t21-/m1/s1. The first-order chi connectivity index (χ1) is 14.0. The van der Waals surface area contributed by atoms with Crippen molar-refractivity contribution in [3.63, 3.8) is 0 Å². The van der Waals surface area contributed by atoms with Gasteiger partial charge >= 0.3 is 0 Å². The summed E-state index contributed by atoms with van der Waals surface area (Å²) >= 11 is 0. The molecular weight excluding hydrogens is 362 g/mol. The van der Waals surface area contributed by atoms with Gasteiger partial charge in [0.25, 0.3) is 5.91 Å². The van der Waals surface area contributed by atoms with E-state index in [0.717, 1.165) is 32.9 Å². The van der Waals surface area contributed by atoms with Crippen molar-refractivity contribution in [3.05, 3.63) is 89.5 Å². The molecule has 2 amide bonds. The van der Waals surface area contributed by atoms with E-state index in [9.17, 15) is 9.59 Å². The number of aromatic nitrogens is 1. The molecule has 4 aromatic rings. The van der Waals surface area contributed by atoms with Crippen molar-refractivity contribution in [2.75, 3.05) is 0 Å². The van der Waals surface area contributed by atoms with Crippen LogP contribution in [0, 0.1) is 6.92 Å². The molecule has 0 radical (unpaired) electrons. The minimum Gasteiger partial charge on any atom is -0.368 e. The molecule has 144 valence electrons. The molecule has 0 bridgehead atoms. The average Bonchev–Trinajstić information content (AvgIpc) is 2.72. The summed E-state index contributed by atoms with van der Waals surface area (Å²) in [4.78, 5) is 30.1. The fraction of sp³-hybridized carbons (Fsp3) is 0.125. The molecule has 0 aliphatic rings. The van der Waals surface area contributed by atoms with E-state index in [2.05, 4.69) is 10.3 Å². The van der Waals surface area contributed by atoms with Gasteiger partial charge in [-0.1, -0.05) is 60.7 Å². The molecule has 1 aromatic heterocycles. The number of carbonyl (C=O) groups is 2. The molecule has 4 rings (SSSR count). The minimum atomic E-state index is -0.811. The van der Waals surface area contributed by atoms with Crippen LogP contribution in [0.2, 0.25) is 0 Å². The van der Waals surface area contributed by atoms with Crippen LogP contribution in [0.1, 0.15) is 21.5 Å². The van der Waals surface area contributed by atoms with Gasteiger partial charge in [-0.3, -0.25) is 9.59 Å². The van der Waals surface area contributed by atoms with Crippen LogP contribution in [0.25, 0.3) is 21.8 Å². The summed E-state index contributed by atoms with van der Waals surface area (Å²) in [7, 11) is 0. The Morgan fingerprint density at radius 3 is 2.03 bits per heavy atom. The number of nitrogens with one attached hydrogen (secondary N) is 1. The lowest BCUT2D eigenvalue weighted by Gasteiger charge is -2.18. The fourth-order valence-electron chi connectivity index (χ4n) is 3.60. The normalized spacial score (nSPS) is 12.0. The largest absolute Gasteiger partial charge is 0.368 e. The zero-order valence-electron chi connectivity index (χ0n) is 16.1. The number of aryl methyl sites for hydroxylation is 1. The molecule has 0 saturated heterocycles. The molecule has 5 nitrogen and oxygen atoms in total. The first-order valence-electron chi connectivity index (χ1n) is 9.47. The monoisotopic (exact) mass is 383 g/mol. The molecule has 1 atom stereocenters. The molecule has 1 heterocycles. The minimum absolute atomic E-state index is 0.336. The highest BCUT2D eigenvalue weighted by Crippen LogP contribution is 2.26. The second kappa shape index (κ2) is 7.72. The number of amides is 2. The number of nitrogens with two attached hydrogens (primary N) is 1. The zero-order valence-corrected chi connectivity index (χ0v) is 16.1. The molecule has 3 N–H and O–H groups in total. The maximum Gasteiger partial charge on any atom is 0.253 e. The molecular formula is C24H21N3O2. The second-order valence-corrected chi connectivity index (χ2v) is 7.08. The molecule has 29 heavy (non-hydrogen) atoms. The van der Waals surface area contributed by atoms with Gasteiger partial charge in [0.1, 0.15) is 6.04 Å². The van der Waals surface area contributed by atoms with E-state index in [1.807, 2.05) is 79.7 Å². The lowest BCUT2D eigenvalue weighted by molar-refractivity contribution is -0.119. The first kappa shape index (κ1) is 18.6. The van der Waals surface area contributed by atoms with Crippen LogP contribution in [0.15, 0.2) is 72.8 Å². The molecule has 3 aromatic carbocycles. The lowest BCUT2D eigenvalue weighted by atomic mass is 9.99. The Hall–Kier alpha value is -3.73. The Labute approximate surface area is 168 Å². The van der Waals surface area contributed by atoms with E-state index in [4.69, 9.17) is 5.73 Å². The van der Waals surface area contributed by atoms with Gasteiger partial charge in [-0.15, -0.1) is 0 Å². The highest BCUT2D eigenvalue weighted by molar-refractivity contribution is 6.16. The number of rotatable bonds is 5. The van der Waals surface area contributed by atoms with Crippen LogP contribution < -0.4 is 11.1 Å². The number of benzene rings is 3.